The number of halogens is 1. The van der Waals surface area contributed by atoms with Crippen LogP contribution in [0.25, 0.3) is 10.9 Å². The Hall–Kier alpha value is -1.16. The number of fused-ring (bicyclic) bond motifs is 1. The predicted molar refractivity (Wildman–Crippen MR) is 48.5 cm³/mol. The van der Waals surface area contributed by atoms with E-state index < -0.39 is 0 Å². The molecule has 0 bridgehead atoms. The van der Waals surface area contributed by atoms with Crippen molar-refractivity contribution in [2.45, 2.75) is 0 Å². The summed E-state index contributed by atoms with van der Waals surface area (Å²) < 4.78 is 1.61. The fourth-order valence-corrected chi connectivity index (χ4v) is 1.49. The first-order valence-electron chi connectivity index (χ1n) is 3.38. The lowest BCUT2D eigenvalue weighted by Crippen LogP contribution is -1.86. The monoisotopic (exact) mass is 227 g/mol. The van der Waals surface area contributed by atoms with E-state index in [0.29, 0.717) is 5.52 Å². The Kier molecular flexibility index (Phi) is 1.51. The number of hydrogen-bond donors (Lipinski definition) is 2. The Morgan fingerprint density at radius 2 is 2.00 bits per heavy atom. The molecule has 62 valence electrons. The topological polar surface area (TPSA) is 45.4 Å². The van der Waals surface area contributed by atoms with Crippen LogP contribution in [0.3, 0.4) is 0 Å². The molecule has 0 unspecified atom stereocenters. The quantitative estimate of drug-likeness (QED) is 0.679. The number of aromatic hydroxyl groups is 1. The molecule has 0 spiro atoms. The normalized spacial score (nSPS) is 10.8. The van der Waals surface area contributed by atoms with Gasteiger partial charge in [-0.1, -0.05) is 22.0 Å². The fourth-order valence-electron chi connectivity index (χ4n) is 1.15. The summed E-state index contributed by atoms with van der Waals surface area (Å²) in [6, 6.07) is 6.89. The van der Waals surface area contributed by atoms with Crippen molar-refractivity contribution >= 4 is 26.8 Å². The molecule has 0 saturated heterocycles. The fraction of sp³-hybridized carbons (Fsp3) is 0. The van der Waals surface area contributed by atoms with E-state index in [-0.39, 0.29) is 5.88 Å². The molecule has 2 aromatic rings. The van der Waals surface area contributed by atoms with Crippen molar-refractivity contribution in [3.8, 4) is 5.88 Å². The molecule has 0 aliphatic rings. The Morgan fingerprint density at radius 3 is 2.75 bits per heavy atom. The second-order valence-electron chi connectivity index (χ2n) is 2.52. The average Bonchev–Trinajstić information content (AvgIpc) is 2.31. The third-order valence-corrected chi connectivity index (χ3v) is 2.22. The van der Waals surface area contributed by atoms with Gasteiger partial charge in [0.1, 0.15) is 0 Å². The maximum Gasteiger partial charge on any atom is 0.225 e. The lowest BCUT2D eigenvalue weighted by atomic mass is 10.2. The van der Waals surface area contributed by atoms with Crippen LogP contribution in [0.1, 0.15) is 0 Å². The van der Waals surface area contributed by atoms with Crippen molar-refractivity contribution in [2.24, 2.45) is 0 Å². The van der Waals surface area contributed by atoms with Crippen LogP contribution in [0.2, 0.25) is 0 Å². The Labute approximate surface area is 76.9 Å². The highest BCUT2D eigenvalue weighted by Gasteiger charge is 2.05. The minimum atomic E-state index is -0.150. The van der Waals surface area contributed by atoms with Gasteiger partial charge in [0.15, 0.2) is 0 Å². The first kappa shape index (κ1) is 7.49. The zero-order valence-electron chi connectivity index (χ0n) is 6.03. The summed E-state index contributed by atoms with van der Waals surface area (Å²) in [7, 11) is 0. The van der Waals surface area contributed by atoms with Gasteiger partial charge in [-0.15, -0.1) is 0 Å². The predicted octanol–water partition coefficient (Wildman–Crippen LogP) is 2.35. The molecule has 0 radical (unpaired) electrons. The standard InChI is InChI=1S/C8H6BrNO2/c9-6-2-1-5-3-8(11)10(12)7(5)4-6/h1-4,11-12H. The molecule has 1 heterocycles. The van der Waals surface area contributed by atoms with E-state index in [1.807, 2.05) is 12.1 Å². The molecule has 1 aromatic carbocycles. The van der Waals surface area contributed by atoms with Crippen molar-refractivity contribution in [1.82, 2.24) is 4.73 Å². The summed E-state index contributed by atoms with van der Waals surface area (Å²) >= 11 is 3.27. The van der Waals surface area contributed by atoms with Gasteiger partial charge in [0.05, 0.1) is 5.52 Å². The minimum absolute atomic E-state index is 0.150. The van der Waals surface area contributed by atoms with Crippen molar-refractivity contribution in [3.05, 3.63) is 28.7 Å². The Morgan fingerprint density at radius 1 is 1.25 bits per heavy atom. The molecule has 0 aliphatic heterocycles. The van der Waals surface area contributed by atoms with E-state index in [1.54, 1.807) is 6.07 Å². The summed E-state index contributed by atoms with van der Waals surface area (Å²) in [5.41, 5.74) is 0.585. The van der Waals surface area contributed by atoms with Gasteiger partial charge >= 0.3 is 0 Å². The summed E-state index contributed by atoms with van der Waals surface area (Å²) in [5.74, 6) is -0.150. The second-order valence-corrected chi connectivity index (χ2v) is 3.43. The van der Waals surface area contributed by atoms with Crippen LogP contribution >= 0.6 is 15.9 Å². The van der Waals surface area contributed by atoms with Gasteiger partial charge in [-0.3, -0.25) is 0 Å². The Balaban J connectivity index is 2.88. The SMILES string of the molecule is Oc1cc2ccc(Br)cc2n1O. The lowest BCUT2D eigenvalue weighted by Gasteiger charge is -1.95. The van der Waals surface area contributed by atoms with Crippen LogP contribution in [0.5, 0.6) is 5.88 Å². The van der Waals surface area contributed by atoms with Gasteiger partial charge in [-0.25, -0.2) is 0 Å². The third-order valence-electron chi connectivity index (χ3n) is 1.72. The first-order chi connectivity index (χ1) is 5.68. The molecule has 1 aromatic heterocycles. The zero-order valence-corrected chi connectivity index (χ0v) is 7.62. The minimum Gasteiger partial charge on any atom is -0.492 e. The van der Waals surface area contributed by atoms with Gasteiger partial charge in [0, 0.05) is 15.9 Å². The van der Waals surface area contributed by atoms with Crippen molar-refractivity contribution < 1.29 is 10.3 Å². The number of nitrogens with zero attached hydrogens (tertiary/aromatic N) is 1. The average molecular weight is 228 g/mol. The summed E-state index contributed by atoms with van der Waals surface area (Å²) in [6.07, 6.45) is 0. The highest BCUT2D eigenvalue weighted by atomic mass is 79.9. The summed E-state index contributed by atoms with van der Waals surface area (Å²) in [5, 5.41) is 19.2. The number of hydrogen-bond acceptors (Lipinski definition) is 2. The van der Waals surface area contributed by atoms with Crippen LogP contribution < -0.4 is 0 Å². The van der Waals surface area contributed by atoms with E-state index >= 15 is 0 Å². The molecule has 0 amide bonds. The molecule has 0 atom stereocenters. The van der Waals surface area contributed by atoms with Gasteiger partial charge in [0.2, 0.25) is 5.88 Å². The molecule has 4 heteroatoms. The molecule has 0 aliphatic carbocycles. The third kappa shape index (κ3) is 0.956. The van der Waals surface area contributed by atoms with Crippen molar-refractivity contribution in [2.75, 3.05) is 0 Å². The molecule has 3 nitrogen and oxygen atoms in total. The molecule has 2 N–H and O–H groups in total. The number of benzene rings is 1. The van der Waals surface area contributed by atoms with E-state index in [9.17, 15) is 5.21 Å². The molecule has 0 fully saturated rings. The first-order valence-corrected chi connectivity index (χ1v) is 4.17. The molecule has 12 heavy (non-hydrogen) atoms. The van der Waals surface area contributed by atoms with Gasteiger partial charge < -0.3 is 10.3 Å². The van der Waals surface area contributed by atoms with Gasteiger partial charge in [-0.05, 0) is 12.1 Å². The van der Waals surface area contributed by atoms with Gasteiger partial charge in [-0.2, -0.15) is 4.73 Å². The number of rotatable bonds is 0. The lowest BCUT2D eigenvalue weighted by molar-refractivity contribution is 0.167. The molecule has 2 rings (SSSR count). The highest BCUT2D eigenvalue weighted by molar-refractivity contribution is 9.10. The van der Waals surface area contributed by atoms with Crippen LogP contribution in [0, 0.1) is 0 Å². The zero-order chi connectivity index (χ0) is 8.72. The van der Waals surface area contributed by atoms with Gasteiger partial charge in [0.25, 0.3) is 0 Å². The van der Waals surface area contributed by atoms with Crippen LogP contribution in [-0.4, -0.2) is 15.0 Å². The van der Waals surface area contributed by atoms with E-state index in [0.717, 1.165) is 14.6 Å². The van der Waals surface area contributed by atoms with E-state index in [2.05, 4.69) is 15.9 Å². The Bertz CT molecular complexity index is 436. The largest absolute Gasteiger partial charge is 0.492 e. The summed E-state index contributed by atoms with van der Waals surface area (Å²) in [4.78, 5) is 0. The molecule has 0 saturated carbocycles. The van der Waals surface area contributed by atoms with E-state index in [4.69, 9.17) is 5.11 Å². The maximum atomic E-state index is 9.27. The molecular formula is C8H6BrNO2. The van der Waals surface area contributed by atoms with Crippen LogP contribution in [0.4, 0.5) is 0 Å². The van der Waals surface area contributed by atoms with Crippen LogP contribution in [0.15, 0.2) is 28.7 Å². The maximum absolute atomic E-state index is 9.27. The second kappa shape index (κ2) is 2.42. The summed E-state index contributed by atoms with van der Waals surface area (Å²) in [6.45, 7) is 0. The molecular weight excluding hydrogens is 222 g/mol. The van der Waals surface area contributed by atoms with Crippen molar-refractivity contribution in [3.63, 3.8) is 0 Å². The smallest absolute Gasteiger partial charge is 0.225 e. The highest BCUT2D eigenvalue weighted by Crippen LogP contribution is 2.25. The number of aromatic nitrogens is 1. The van der Waals surface area contributed by atoms with E-state index in [1.165, 1.54) is 6.07 Å². The van der Waals surface area contributed by atoms with Crippen molar-refractivity contribution in [1.29, 1.82) is 0 Å². The van der Waals surface area contributed by atoms with Crippen LogP contribution in [-0.2, 0) is 0 Å².